The van der Waals surface area contributed by atoms with Crippen LogP contribution in [0.15, 0.2) is 64.4 Å². The number of aliphatic imine (C=N–C) groups is 1. The Bertz CT molecular complexity index is 1300. The molecule has 0 aliphatic carbocycles. The largest absolute Gasteiger partial charge is 0.360 e. The van der Waals surface area contributed by atoms with Crippen LogP contribution in [0.2, 0.25) is 0 Å². The molecule has 36 heavy (non-hydrogen) atoms. The minimum Gasteiger partial charge on any atom is -0.360 e. The molecule has 0 bridgehead atoms. The van der Waals surface area contributed by atoms with Gasteiger partial charge in [0.1, 0.15) is 17.5 Å². The van der Waals surface area contributed by atoms with Crippen LogP contribution in [0.25, 0.3) is 11.1 Å². The number of hydrogen-bond donors (Lipinski definition) is 1. The summed E-state index contributed by atoms with van der Waals surface area (Å²) in [5, 5.41) is 6.98. The van der Waals surface area contributed by atoms with E-state index in [2.05, 4.69) is 15.5 Å². The summed E-state index contributed by atoms with van der Waals surface area (Å²) in [6, 6.07) is 13.3. The minimum absolute atomic E-state index is 0.0185. The smallest absolute Gasteiger partial charge is 0.257 e. The molecule has 3 unspecified atom stereocenters. The Morgan fingerprint density at radius 3 is 2.61 bits per heavy atom. The van der Waals surface area contributed by atoms with Crippen LogP contribution in [0.5, 0.6) is 0 Å². The standard InChI is InChI=1S/C28H31N5O3/c1-17(2)24(23-15-18(3)32-36-23)26(34)33-14-6-8-22(33)25-30-27(35)28(4,31-25)21-11-9-19(10-12-21)20-7-5-13-29-16-20/h5,7,9-13,15-17,22,24H,6,8,14H2,1-4H3,(H,30,31,35). The van der Waals surface area contributed by atoms with Gasteiger partial charge in [-0.1, -0.05) is 49.3 Å². The molecule has 8 nitrogen and oxygen atoms in total. The third kappa shape index (κ3) is 4.21. The molecule has 1 fully saturated rings. The van der Waals surface area contributed by atoms with Gasteiger partial charge < -0.3 is 14.7 Å². The maximum Gasteiger partial charge on any atom is 0.257 e. The Balaban J connectivity index is 1.41. The molecule has 1 saturated heterocycles. The first kappa shape index (κ1) is 23.9. The minimum atomic E-state index is -1.06. The lowest BCUT2D eigenvalue weighted by Gasteiger charge is -2.29. The number of pyridine rings is 1. The fraction of sp³-hybridized carbons (Fsp3) is 0.393. The summed E-state index contributed by atoms with van der Waals surface area (Å²) in [6.07, 6.45) is 5.15. The normalized spacial score (nSPS) is 22.6. The van der Waals surface area contributed by atoms with Gasteiger partial charge in [0.2, 0.25) is 5.91 Å². The maximum atomic E-state index is 13.7. The monoisotopic (exact) mass is 485 g/mol. The van der Waals surface area contributed by atoms with Crippen molar-refractivity contribution in [1.29, 1.82) is 0 Å². The molecule has 186 valence electrons. The van der Waals surface area contributed by atoms with Crippen LogP contribution < -0.4 is 5.32 Å². The quantitative estimate of drug-likeness (QED) is 0.563. The number of benzene rings is 1. The summed E-state index contributed by atoms with van der Waals surface area (Å²) in [4.78, 5) is 37.8. The number of nitrogens with one attached hydrogen (secondary N) is 1. The van der Waals surface area contributed by atoms with Crippen LogP contribution in [0.1, 0.15) is 56.5 Å². The molecule has 0 saturated carbocycles. The van der Waals surface area contributed by atoms with Crippen LogP contribution >= 0.6 is 0 Å². The Hall–Kier alpha value is -3.81. The van der Waals surface area contributed by atoms with E-state index in [1.54, 1.807) is 6.20 Å². The molecular formula is C28H31N5O3. The molecule has 3 aromatic rings. The molecule has 2 aromatic heterocycles. The van der Waals surface area contributed by atoms with Gasteiger partial charge in [-0.05, 0) is 55.4 Å². The number of amides is 2. The summed E-state index contributed by atoms with van der Waals surface area (Å²) in [5.74, 6) is 0.535. The van der Waals surface area contributed by atoms with E-state index in [1.807, 2.05) is 81.3 Å². The lowest BCUT2D eigenvalue weighted by molar-refractivity contribution is -0.134. The van der Waals surface area contributed by atoms with Gasteiger partial charge in [-0.15, -0.1) is 0 Å². The topological polar surface area (TPSA) is 101 Å². The second kappa shape index (κ2) is 9.33. The van der Waals surface area contributed by atoms with Gasteiger partial charge in [0.15, 0.2) is 5.54 Å². The predicted octanol–water partition coefficient (Wildman–Crippen LogP) is 4.22. The van der Waals surface area contributed by atoms with Crippen LogP contribution in [0, 0.1) is 12.8 Å². The summed E-state index contributed by atoms with van der Waals surface area (Å²) in [5.41, 5.74) is 2.53. The summed E-state index contributed by atoms with van der Waals surface area (Å²) >= 11 is 0. The van der Waals surface area contributed by atoms with E-state index in [0.29, 0.717) is 18.1 Å². The highest BCUT2D eigenvalue weighted by Crippen LogP contribution is 2.35. The lowest BCUT2D eigenvalue weighted by Crippen LogP contribution is -2.48. The Morgan fingerprint density at radius 1 is 1.19 bits per heavy atom. The molecule has 1 N–H and O–H groups in total. The van der Waals surface area contributed by atoms with Crippen molar-refractivity contribution in [2.45, 2.75) is 58.0 Å². The van der Waals surface area contributed by atoms with Crippen molar-refractivity contribution in [3.05, 3.63) is 71.9 Å². The Labute approximate surface area is 210 Å². The van der Waals surface area contributed by atoms with E-state index in [4.69, 9.17) is 9.52 Å². The van der Waals surface area contributed by atoms with Crippen molar-refractivity contribution >= 4 is 17.6 Å². The lowest BCUT2D eigenvalue weighted by atomic mass is 9.91. The molecule has 2 aliphatic rings. The fourth-order valence-electron chi connectivity index (χ4n) is 5.19. The summed E-state index contributed by atoms with van der Waals surface area (Å²) < 4.78 is 5.48. The zero-order chi connectivity index (χ0) is 25.4. The van der Waals surface area contributed by atoms with Gasteiger partial charge in [-0.25, -0.2) is 4.99 Å². The van der Waals surface area contributed by atoms with Gasteiger partial charge >= 0.3 is 0 Å². The number of carbonyl (C=O) groups excluding carboxylic acids is 2. The average Bonchev–Trinajstić information content (AvgIpc) is 3.59. The van der Waals surface area contributed by atoms with E-state index < -0.39 is 11.5 Å². The number of hydrogen-bond acceptors (Lipinski definition) is 6. The zero-order valence-electron chi connectivity index (χ0n) is 21.1. The van der Waals surface area contributed by atoms with Gasteiger partial charge in [0.25, 0.3) is 5.91 Å². The Kier molecular flexibility index (Phi) is 6.20. The predicted molar refractivity (Wildman–Crippen MR) is 136 cm³/mol. The van der Waals surface area contributed by atoms with Gasteiger partial charge in [0.05, 0.1) is 11.7 Å². The molecule has 8 heteroatoms. The van der Waals surface area contributed by atoms with E-state index in [1.165, 1.54) is 0 Å². The molecule has 3 atom stereocenters. The molecule has 2 aliphatic heterocycles. The highest BCUT2D eigenvalue weighted by atomic mass is 16.5. The summed E-state index contributed by atoms with van der Waals surface area (Å²) in [7, 11) is 0. The van der Waals surface area contributed by atoms with Crippen molar-refractivity contribution in [2.24, 2.45) is 10.9 Å². The molecular weight excluding hydrogens is 454 g/mol. The molecule has 2 amide bonds. The highest BCUT2D eigenvalue weighted by Gasteiger charge is 2.46. The number of nitrogens with zero attached hydrogens (tertiary/aromatic N) is 4. The molecule has 0 spiro atoms. The number of aromatic nitrogens is 2. The van der Waals surface area contributed by atoms with E-state index in [9.17, 15) is 9.59 Å². The molecule has 4 heterocycles. The van der Waals surface area contributed by atoms with Crippen molar-refractivity contribution in [1.82, 2.24) is 20.4 Å². The average molecular weight is 486 g/mol. The number of likely N-dealkylation sites (tertiary alicyclic amines) is 1. The second-order valence-corrected chi connectivity index (χ2v) is 10.1. The van der Waals surface area contributed by atoms with Gasteiger partial charge in [-0.2, -0.15) is 0 Å². The number of aryl methyl sites for hydroxylation is 1. The van der Waals surface area contributed by atoms with Crippen LogP contribution in [-0.4, -0.2) is 45.3 Å². The third-order valence-corrected chi connectivity index (χ3v) is 7.21. The second-order valence-electron chi connectivity index (χ2n) is 10.1. The van der Waals surface area contributed by atoms with Crippen molar-refractivity contribution in [2.75, 3.05) is 6.54 Å². The maximum absolute atomic E-state index is 13.7. The third-order valence-electron chi connectivity index (χ3n) is 7.21. The van der Waals surface area contributed by atoms with Crippen LogP contribution in [0.3, 0.4) is 0 Å². The van der Waals surface area contributed by atoms with E-state index in [0.717, 1.165) is 35.2 Å². The molecule has 1 aromatic carbocycles. The van der Waals surface area contributed by atoms with Crippen LogP contribution in [-0.2, 0) is 15.1 Å². The van der Waals surface area contributed by atoms with Gasteiger partial charge in [-0.3, -0.25) is 14.6 Å². The van der Waals surface area contributed by atoms with Crippen LogP contribution in [0.4, 0.5) is 0 Å². The molecule has 0 radical (unpaired) electrons. The first-order valence-electron chi connectivity index (χ1n) is 12.4. The summed E-state index contributed by atoms with van der Waals surface area (Å²) in [6.45, 7) is 8.30. The first-order valence-corrected chi connectivity index (χ1v) is 12.4. The SMILES string of the molecule is Cc1cc(C(C(=O)N2CCCC2C2=NC(C)(c3ccc(-c4cccnc4)cc3)C(=O)N2)C(C)C)on1. The van der Waals surface area contributed by atoms with E-state index >= 15 is 0 Å². The van der Waals surface area contributed by atoms with Crippen molar-refractivity contribution < 1.29 is 14.1 Å². The fourth-order valence-corrected chi connectivity index (χ4v) is 5.19. The highest BCUT2D eigenvalue weighted by molar-refractivity contribution is 6.11. The van der Waals surface area contributed by atoms with E-state index in [-0.39, 0.29) is 23.8 Å². The van der Waals surface area contributed by atoms with Gasteiger partial charge in [0, 0.05) is 25.0 Å². The van der Waals surface area contributed by atoms with Crippen molar-refractivity contribution in [3.8, 4) is 11.1 Å². The number of amidine groups is 1. The number of carbonyl (C=O) groups is 2. The van der Waals surface area contributed by atoms with Crippen molar-refractivity contribution in [3.63, 3.8) is 0 Å². The zero-order valence-corrected chi connectivity index (χ0v) is 21.1. The first-order chi connectivity index (χ1) is 17.3. The molecule has 5 rings (SSSR count). The number of rotatable bonds is 6. The Morgan fingerprint density at radius 2 is 1.97 bits per heavy atom.